The van der Waals surface area contributed by atoms with E-state index in [0.29, 0.717) is 21.9 Å². The summed E-state index contributed by atoms with van der Waals surface area (Å²) in [7, 11) is 0. The summed E-state index contributed by atoms with van der Waals surface area (Å²) in [6.07, 6.45) is -1.49. The molecule has 4 atom stereocenters. The molecule has 152 valence electrons. The van der Waals surface area contributed by atoms with Gasteiger partial charge in [-0.2, -0.15) is 0 Å². The lowest BCUT2D eigenvalue weighted by Crippen LogP contribution is -2.33. The smallest absolute Gasteiger partial charge is 0.269 e. The minimum atomic E-state index is -1.24. The van der Waals surface area contributed by atoms with Crippen molar-refractivity contribution in [3.8, 4) is 0 Å². The van der Waals surface area contributed by atoms with Gasteiger partial charge in [-0.25, -0.2) is 15.0 Å². The summed E-state index contributed by atoms with van der Waals surface area (Å²) >= 11 is 1.39. The van der Waals surface area contributed by atoms with Gasteiger partial charge in [-0.15, -0.1) is 0 Å². The van der Waals surface area contributed by atoms with Crippen molar-refractivity contribution < 1.29 is 25.0 Å². The van der Waals surface area contributed by atoms with Gasteiger partial charge in [0.25, 0.3) is 5.69 Å². The summed E-state index contributed by atoms with van der Waals surface area (Å²) in [5, 5.41) is 40.8. The Morgan fingerprint density at radius 2 is 1.93 bits per heavy atom. The Morgan fingerprint density at radius 3 is 2.59 bits per heavy atom. The zero-order valence-corrected chi connectivity index (χ0v) is 15.7. The van der Waals surface area contributed by atoms with Gasteiger partial charge >= 0.3 is 0 Å². The van der Waals surface area contributed by atoms with Crippen LogP contribution in [0.3, 0.4) is 0 Å². The van der Waals surface area contributed by atoms with Gasteiger partial charge < -0.3 is 20.1 Å². The van der Waals surface area contributed by atoms with E-state index in [4.69, 9.17) is 4.74 Å². The Kier molecular flexibility index (Phi) is 5.43. The van der Waals surface area contributed by atoms with Gasteiger partial charge in [0, 0.05) is 17.9 Å². The fourth-order valence-electron chi connectivity index (χ4n) is 3.10. The molecule has 0 amide bonds. The van der Waals surface area contributed by atoms with Gasteiger partial charge in [-0.3, -0.25) is 14.7 Å². The van der Waals surface area contributed by atoms with Crippen molar-refractivity contribution in [1.82, 2.24) is 19.5 Å². The van der Waals surface area contributed by atoms with Gasteiger partial charge in [-0.05, 0) is 5.56 Å². The first-order valence-electron chi connectivity index (χ1n) is 8.65. The number of benzene rings is 1. The molecular formula is C17H17N5O6S. The van der Waals surface area contributed by atoms with Crippen molar-refractivity contribution in [1.29, 1.82) is 0 Å². The lowest BCUT2D eigenvalue weighted by Gasteiger charge is -2.16. The second-order valence-electron chi connectivity index (χ2n) is 6.44. The van der Waals surface area contributed by atoms with Crippen molar-refractivity contribution >= 4 is 28.6 Å². The lowest BCUT2D eigenvalue weighted by molar-refractivity contribution is -0.384. The first kappa shape index (κ1) is 19.7. The van der Waals surface area contributed by atoms with E-state index in [1.165, 1.54) is 41.1 Å². The zero-order chi connectivity index (χ0) is 20.5. The largest absolute Gasteiger partial charge is 0.394 e. The monoisotopic (exact) mass is 419 g/mol. The molecule has 0 aliphatic carbocycles. The van der Waals surface area contributed by atoms with Gasteiger partial charge in [0.1, 0.15) is 35.2 Å². The molecule has 0 spiro atoms. The van der Waals surface area contributed by atoms with Crippen molar-refractivity contribution in [3.05, 3.63) is 52.6 Å². The predicted molar refractivity (Wildman–Crippen MR) is 101 cm³/mol. The number of hydrogen-bond acceptors (Lipinski definition) is 10. The van der Waals surface area contributed by atoms with Gasteiger partial charge in [0.2, 0.25) is 0 Å². The van der Waals surface area contributed by atoms with E-state index in [-0.39, 0.29) is 5.69 Å². The molecule has 11 nitrogen and oxygen atoms in total. The molecule has 29 heavy (non-hydrogen) atoms. The molecule has 1 aromatic carbocycles. The molecule has 1 fully saturated rings. The third kappa shape index (κ3) is 3.68. The molecule has 2 aromatic heterocycles. The molecule has 0 unspecified atom stereocenters. The minimum absolute atomic E-state index is 0.0282. The maximum absolute atomic E-state index is 10.7. The molecule has 12 heteroatoms. The number of hydrogen-bond donors (Lipinski definition) is 3. The standard InChI is InChI=1S/C17H17N5O6S/c23-5-11-13(24)14(25)17(28-11)21-8-20-12-15(21)18-7-19-16(12)29-6-9-1-3-10(4-2-9)22(26)27/h1-4,7-8,11,13-14,17,23-25H,5-6H2/t11-,13+,14-,17+/m0/s1. The maximum Gasteiger partial charge on any atom is 0.269 e. The first-order valence-corrected chi connectivity index (χ1v) is 9.64. The molecule has 0 radical (unpaired) electrons. The highest BCUT2D eigenvalue weighted by atomic mass is 32.2. The third-order valence-electron chi connectivity index (χ3n) is 4.64. The fraction of sp³-hybridized carbons (Fsp3) is 0.353. The highest BCUT2D eigenvalue weighted by Crippen LogP contribution is 2.33. The quantitative estimate of drug-likeness (QED) is 0.224. The molecular weight excluding hydrogens is 402 g/mol. The summed E-state index contributed by atoms with van der Waals surface area (Å²) in [5.41, 5.74) is 1.83. The number of nitro benzene ring substituents is 1. The number of non-ortho nitro benzene ring substituents is 1. The number of aliphatic hydroxyl groups is 3. The Labute approximate surface area is 168 Å². The Hall–Kier alpha value is -2.64. The van der Waals surface area contributed by atoms with Gasteiger partial charge in [-0.1, -0.05) is 23.9 Å². The lowest BCUT2D eigenvalue weighted by atomic mass is 10.1. The SMILES string of the molecule is O=[N+]([O-])c1ccc(CSc2ncnc3c2ncn3[C@@H]2O[C@@H](CO)[C@@H](O)[C@@H]2O)cc1. The van der Waals surface area contributed by atoms with E-state index >= 15 is 0 Å². The average Bonchev–Trinajstić information content (AvgIpc) is 3.28. The summed E-state index contributed by atoms with van der Waals surface area (Å²) < 4.78 is 7.03. The van der Waals surface area contributed by atoms with Crippen LogP contribution in [0.15, 0.2) is 41.9 Å². The van der Waals surface area contributed by atoms with Crippen LogP contribution in [0.25, 0.3) is 11.2 Å². The number of aliphatic hydroxyl groups excluding tert-OH is 3. The third-order valence-corrected chi connectivity index (χ3v) is 5.69. The number of ether oxygens (including phenoxy) is 1. The number of rotatable bonds is 6. The fourth-order valence-corrected chi connectivity index (χ4v) is 4.00. The summed E-state index contributed by atoms with van der Waals surface area (Å²) in [6, 6.07) is 6.26. The van der Waals surface area contributed by atoms with E-state index in [1.54, 1.807) is 12.1 Å². The van der Waals surface area contributed by atoms with Crippen LogP contribution in [0.2, 0.25) is 0 Å². The number of fused-ring (bicyclic) bond motifs is 1. The Balaban J connectivity index is 1.55. The van der Waals surface area contributed by atoms with Crippen LogP contribution in [0.1, 0.15) is 11.8 Å². The molecule has 1 saturated heterocycles. The molecule has 0 bridgehead atoms. The summed E-state index contributed by atoms with van der Waals surface area (Å²) in [6.45, 7) is -0.424. The number of aromatic nitrogens is 4. The van der Waals surface area contributed by atoms with Gasteiger partial charge in [0.05, 0.1) is 17.9 Å². The first-order chi connectivity index (χ1) is 14.0. The molecule has 3 N–H and O–H groups in total. The van der Waals surface area contributed by atoms with Gasteiger partial charge in [0.15, 0.2) is 11.9 Å². The van der Waals surface area contributed by atoms with Crippen LogP contribution in [-0.4, -0.2) is 64.7 Å². The molecule has 1 aliphatic rings. The van der Waals surface area contributed by atoms with Crippen molar-refractivity contribution in [2.75, 3.05) is 6.61 Å². The second-order valence-corrected chi connectivity index (χ2v) is 7.41. The minimum Gasteiger partial charge on any atom is -0.394 e. The molecule has 4 rings (SSSR count). The molecule has 3 aromatic rings. The molecule has 3 heterocycles. The normalized spacial score (nSPS) is 24.2. The highest BCUT2D eigenvalue weighted by Gasteiger charge is 2.44. The zero-order valence-electron chi connectivity index (χ0n) is 14.9. The van der Waals surface area contributed by atoms with Crippen molar-refractivity contribution in [2.24, 2.45) is 0 Å². The number of nitro groups is 1. The van der Waals surface area contributed by atoms with Crippen molar-refractivity contribution in [2.45, 2.75) is 35.3 Å². The van der Waals surface area contributed by atoms with E-state index in [2.05, 4.69) is 15.0 Å². The van der Waals surface area contributed by atoms with E-state index in [0.717, 1.165) is 5.56 Å². The van der Waals surface area contributed by atoms with Crippen LogP contribution < -0.4 is 0 Å². The number of imidazole rings is 1. The van der Waals surface area contributed by atoms with Crippen LogP contribution >= 0.6 is 11.8 Å². The molecule has 1 aliphatic heterocycles. The summed E-state index contributed by atoms with van der Waals surface area (Å²) in [5.74, 6) is 0.519. The highest BCUT2D eigenvalue weighted by molar-refractivity contribution is 7.98. The molecule has 0 saturated carbocycles. The number of thioether (sulfide) groups is 1. The van der Waals surface area contributed by atoms with Crippen molar-refractivity contribution in [3.63, 3.8) is 0 Å². The Morgan fingerprint density at radius 1 is 1.17 bits per heavy atom. The van der Waals surface area contributed by atoms with Crippen LogP contribution in [0.4, 0.5) is 5.69 Å². The maximum atomic E-state index is 10.7. The van der Waals surface area contributed by atoms with E-state index < -0.39 is 36.1 Å². The van der Waals surface area contributed by atoms with E-state index in [9.17, 15) is 25.4 Å². The Bertz CT molecular complexity index is 1030. The van der Waals surface area contributed by atoms with Crippen LogP contribution in [0.5, 0.6) is 0 Å². The number of nitrogens with zero attached hydrogens (tertiary/aromatic N) is 5. The second kappa shape index (κ2) is 8.00. The summed E-state index contributed by atoms with van der Waals surface area (Å²) in [4.78, 5) is 23.1. The topological polar surface area (TPSA) is 157 Å². The van der Waals surface area contributed by atoms with Crippen LogP contribution in [0, 0.1) is 10.1 Å². The predicted octanol–water partition coefficient (Wildman–Crippen LogP) is 0.638. The van der Waals surface area contributed by atoms with E-state index in [1.807, 2.05) is 0 Å². The average molecular weight is 419 g/mol. The van der Waals surface area contributed by atoms with Crippen LogP contribution in [-0.2, 0) is 10.5 Å².